The number of alkyl halides is 3. The second-order valence-corrected chi connectivity index (χ2v) is 5.30. The van der Waals surface area contributed by atoms with Crippen LogP contribution < -0.4 is 5.32 Å². The van der Waals surface area contributed by atoms with Gasteiger partial charge in [-0.1, -0.05) is 17.7 Å². The molecule has 106 valence electrons. The molecule has 0 radical (unpaired) electrons. The minimum atomic E-state index is -4.52. The van der Waals surface area contributed by atoms with E-state index in [0.29, 0.717) is 6.20 Å². The lowest BCUT2D eigenvalue weighted by Gasteiger charge is -2.09. The number of aromatic nitrogens is 1. The summed E-state index contributed by atoms with van der Waals surface area (Å²) in [5.41, 5.74) is -0.959. The van der Waals surface area contributed by atoms with Crippen LogP contribution in [0.25, 0.3) is 0 Å². The van der Waals surface area contributed by atoms with Gasteiger partial charge in [-0.3, -0.25) is 4.79 Å². The van der Waals surface area contributed by atoms with E-state index in [9.17, 15) is 18.0 Å². The first-order chi connectivity index (χ1) is 9.36. The fourth-order valence-corrected chi connectivity index (χ4v) is 2.35. The van der Waals surface area contributed by atoms with Crippen LogP contribution in [0.5, 0.6) is 0 Å². The summed E-state index contributed by atoms with van der Waals surface area (Å²) in [6.07, 6.45) is -3.76. The Morgan fingerprint density at radius 1 is 1.45 bits per heavy atom. The lowest BCUT2D eigenvalue weighted by atomic mass is 10.2. The van der Waals surface area contributed by atoms with Crippen LogP contribution in [-0.4, -0.2) is 10.9 Å². The maximum Gasteiger partial charge on any atom is 0.417 e. The molecule has 2 heterocycles. The van der Waals surface area contributed by atoms with Crippen molar-refractivity contribution in [2.75, 3.05) is 5.32 Å². The number of carbonyl (C=O) groups excluding carboxylic acids is 1. The highest BCUT2D eigenvalue weighted by atomic mass is 35.5. The molecule has 20 heavy (non-hydrogen) atoms. The highest BCUT2D eigenvalue weighted by Crippen LogP contribution is 2.32. The number of carbonyl (C=O) groups is 1. The van der Waals surface area contributed by atoms with Crippen LogP contribution >= 0.6 is 22.9 Å². The van der Waals surface area contributed by atoms with Crippen molar-refractivity contribution in [2.24, 2.45) is 0 Å². The molecule has 0 unspecified atom stereocenters. The van der Waals surface area contributed by atoms with E-state index in [1.165, 1.54) is 11.3 Å². The Hall–Kier alpha value is -1.60. The molecule has 0 aliphatic heterocycles. The number of anilines is 1. The summed E-state index contributed by atoms with van der Waals surface area (Å²) in [6, 6.07) is 4.32. The Morgan fingerprint density at radius 2 is 2.20 bits per heavy atom. The summed E-state index contributed by atoms with van der Waals surface area (Å²) < 4.78 is 37.3. The molecule has 3 nitrogen and oxygen atoms in total. The number of rotatable bonds is 3. The molecule has 0 aromatic carbocycles. The van der Waals surface area contributed by atoms with Crippen molar-refractivity contribution in [3.05, 3.63) is 45.2 Å². The number of halogens is 4. The molecule has 0 bridgehead atoms. The molecule has 0 aliphatic carbocycles. The van der Waals surface area contributed by atoms with Crippen molar-refractivity contribution in [1.29, 1.82) is 0 Å². The Kier molecular flexibility index (Phi) is 4.29. The molecule has 0 atom stereocenters. The third-order valence-corrected chi connectivity index (χ3v) is 3.51. The zero-order chi connectivity index (χ0) is 14.8. The maximum absolute atomic E-state index is 12.4. The summed E-state index contributed by atoms with van der Waals surface area (Å²) in [6.45, 7) is 0. The van der Waals surface area contributed by atoms with Crippen molar-refractivity contribution in [3.63, 3.8) is 0 Å². The highest BCUT2D eigenvalue weighted by molar-refractivity contribution is 7.10. The normalized spacial score (nSPS) is 11.4. The number of hydrogen-bond donors (Lipinski definition) is 1. The Morgan fingerprint density at radius 3 is 2.75 bits per heavy atom. The van der Waals surface area contributed by atoms with Crippen LogP contribution in [0, 0.1) is 0 Å². The fourth-order valence-electron chi connectivity index (χ4n) is 1.43. The van der Waals surface area contributed by atoms with Gasteiger partial charge in [0.1, 0.15) is 0 Å². The molecule has 2 rings (SSSR count). The van der Waals surface area contributed by atoms with Gasteiger partial charge in [0.25, 0.3) is 0 Å². The van der Waals surface area contributed by atoms with Crippen molar-refractivity contribution in [1.82, 2.24) is 4.98 Å². The Balaban J connectivity index is 2.08. The summed E-state index contributed by atoms with van der Waals surface area (Å²) in [4.78, 5) is 16.1. The van der Waals surface area contributed by atoms with Gasteiger partial charge in [-0.2, -0.15) is 13.2 Å². The maximum atomic E-state index is 12.4. The molecule has 0 saturated carbocycles. The quantitative estimate of drug-likeness (QED) is 0.929. The van der Waals surface area contributed by atoms with E-state index in [1.54, 1.807) is 12.1 Å². The molecule has 2 aromatic rings. The van der Waals surface area contributed by atoms with E-state index in [0.717, 1.165) is 10.9 Å². The second-order valence-electron chi connectivity index (χ2n) is 3.86. The van der Waals surface area contributed by atoms with Gasteiger partial charge in [0.15, 0.2) is 5.82 Å². The lowest BCUT2D eigenvalue weighted by Crippen LogP contribution is -2.16. The van der Waals surface area contributed by atoms with Gasteiger partial charge in [0, 0.05) is 11.1 Å². The van der Waals surface area contributed by atoms with E-state index in [2.05, 4.69) is 10.3 Å². The van der Waals surface area contributed by atoms with E-state index in [4.69, 9.17) is 11.6 Å². The smallest absolute Gasteiger partial charge is 0.309 e. The summed E-state index contributed by atoms with van der Waals surface area (Å²) in [7, 11) is 0. The van der Waals surface area contributed by atoms with Crippen molar-refractivity contribution in [3.8, 4) is 0 Å². The molecule has 1 amide bonds. The van der Waals surface area contributed by atoms with Crippen LogP contribution in [0.3, 0.4) is 0 Å². The van der Waals surface area contributed by atoms with Crippen molar-refractivity contribution < 1.29 is 18.0 Å². The largest absolute Gasteiger partial charge is 0.417 e. The molecule has 8 heteroatoms. The highest BCUT2D eigenvalue weighted by Gasteiger charge is 2.31. The third kappa shape index (κ3) is 3.71. The van der Waals surface area contributed by atoms with E-state index in [1.807, 2.05) is 5.38 Å². The summed E-state index contributed by atoms with van der Waals surface area (Å²) in [5, 5.41) is 3.96. The zero-order valence-electron chi connectivity index (χ0n) is 9.87. The predicted molar refractivity (Wildman–Crippen MR) is 70.9 cm³/mol. The number of amides is 1. The first-order valence-corrected chi connectivity index (χ1v) is 6.67. The Labute approximate surface area is 121 Å². The van der Waals surface area contributed by atoms with Crippen molar-refractivity contribution in [2.45, 2.75) is 12.6 Å². The fraction of sp³-hybridized carbons (Fsp3) is 0.167. The first-order valence-electron chi connectivity index (χ1n) is 5.41. The number of nitrogens with one attached hydrogen (secondary N) is 1. The minimum Gasteiger partial charge on any atom is -0.309 e. The first kappa shape index (κ1) is 14.8. The predicted octanol–water partition coefficient (Wildman–Crippen LogP) is 4.00. The molecule has 1 N–H and O–H groups in total. The standard InChI is InChI=1S/C12H8ClF3N2OS/c13-9-4-7(12(14,15)16)6-17-11(9)18-10(19)5-8-2-1-3-20-8/h1-4,6H,5H2,(H,17,18,19). The van der Waals surface area contributed by atoms with Crippen LogP contribution in [0.2, 0.25) is 5.02 Å². The average molecular weight is 321 g/mol. The van der Waals surface area contributed by atoms with E-state index in [-0.39, 0.29) is 23.2 Å². The van der Waals surface area contributed by atoms with Crippen LogP contribution in [0.15, 0.2) is 29.8 Å². The van der Waals surface area contributed by atoms with Gasteiger partial charge >= 0.3 is 6.18 Å². The summed E-state index contributed by atoms with van der Waals surface area (Å²) in [5.74, 6) is -0.470. The molecule has 0 aliphatic rings. The van der Waals surface area contributed by atoms with Crippen LogP contribution in [0.4, 0.5) is 19.0 Å². The van der Waals surface area contributed by atoms with Crippen LogP contribution in [0.1, 0.15) is 10.4 Å². The van der Waals surface area contributed by atoms with Gasteiger partial charge in [-0.05, 0) is 17.5 Å². The molecular weight excluding hydrogens is 313 g/mol. The number of pyridine rings is 1. The van der Waals surface area contributed by atoms with Crippen LogP contribution in [-0.2, 0) is 17.4 Å². The average Bonchev–Trinajstić information content (AvgIpc) is 2.83. The number of thiophene rings is 1. The van der Waals surface area contributed by atoms with Gasteiger partial charge < -0.3 is 5.32 Å². The number of nitrogens with zero attached hydrogens (tertiary/aromatic N) is 1. The van der Waals surface area contributed by atoms with E-state index >= 15 is 0 Å². The Bertz CT molecular complexity index is 614. The number of hydrogen-bond acceptors (Lipinski definition) is 3. The van der Waals surface area contributed by atoms with Gasteiger partial charge in [-0.25, -0.2) is 4.98 Å². The molecular formula is C12H8ClF3N2OS. The van der Waals surface area contributed by atoms with Gasteiger partial charge in [0.05, 0.1) is 17.0 Å². The molecule has 2 aromatic heterocycles. The van der Waals surface area contributed by atoms with Crippen molar-refractivity contribution >= 4 is 34.7 Å². The topological polar surface area (TPSA) is 42.0 Å². The zero-order valence-corrected chi connectivity index (χ0v) is 11.4. The molecule has 0 fully saturated rings. The SMILES string of the molecule is O=C(Cc1cccs1)Nc1ncc(C(F)(F)F)cc1Cl. The van der Waals surface area contributed by atoms with Gasteiger partial charge in [0.2, 0.25) is 5.91 Å². The minimum absolute atomic E-state index is 0.0822. The second kappa shape index (κ2) is 5.80. The monoisotopic (exact) mass is 320 g/mol. The summed E-state index contributed by atoms with van der Waals surface area (Å²) >= 11 is 7.10. The molecule has 0 spiro atoms. The van der Waals surface area contributed by atoms with Gasteiger partial charge in [-0.15, -0.1) is 11.3 Å². The van der Waals surface area contributed by atoms with E-state index < -0.39 is 11.7 Å². The molecule has 0 saturated heterocycles. The lowest BCUT2D eigenvalue weighted by molar-refractivity contribution is -0.137. The third-order valence-electron chi connectivity index (χ3n) is 2.34.